The molecule has 3 N–H and O–H groups in total. The van der Waals surface area contributed by atoms with Crippen LogP contribution < -0.4 is 19.5 Å². The van der Waals surface area contributed by atoms with Crippen LogP contribution in [0.3, 0.4) is 0 Å². The highest BCUT2D eigenvalue weighted by atomic mass is 32.2. The van der Waals surface area contributed by atoms with E-state index < -0.39 is 38.6 Å². The zero-order valence-electron chi connectivity index (χ0n) is 40.2. The summed E-state index contributed by atoms with van der Waals surface area (Å²) in [5, 5.41) is 39.0. The Morgan fingerprint density at radius 3 is 2.35 bits per heavy atom. The third-order valence-electron chi connectivity index (χ3n) is 13.3. The SMILES string of the molecule is C=CCO[C@@]12Oc3ccc(Oc4ccc(OC)c(C=O)c4)cc3[C@H]3[C@H](CCCCO)[C@@H](CCCCO)C=C(C(=NOCc4ccc([N+](=O)[O-])cc4)C[C@@H]1N(CCC)S(=O)(=O)c1ccc(NC(C)=O)cc1)[C@H]32. The number of methoxy groups -OCH3 is 1. The number of aliphatic hydroxyl groups excluding tert-OH is 2. The molecule has 4 aromatic carbocycles. The number of sulfonamides is 1. The van der Waals surface area contributed by atoms with E-state index in [2.05, 4.69) is 18.0 Å². The fraction of sp³-hybridized carbons (Fsp3) is 0.415. The molecule has 1 fully saturated rings. The number of aldehydes is 1. The number of nitrogens with one attached hydrogen (secondary N) is 1. The number of aliphatic hydroxyl groups is 2. The Labute approximate surface area is 414 Å². The van der Waals surface area contributed by atoms with Gasteiger partial charge in [0.05, 0.1) is 46.8 Å². The van der Waals surface area contributed by atoms with Gasteiger partial charge in [0.25, 0.3) is 5.69 Å². The average molecular weight is 995 g/mol. The number of nitrogens with zero attached hydrogens (tertiary/aromatic N) is 3. The van der Waals surface area contributed by atoms with Gasteiger partial charge in [0.2, 0.25) is 21.7 Å². The normalized spacial score (nSPS) is 21.8. The van der Waals surface area contributed by atoms with E-state index in [1.54, 1.807) is 48.5 Å². The van der Waals surface area contributed by atoms with Crippen molar-refractivity contribution in [3.8, 4) is 23.0 Å². The lowest BCUT2D eigenvalue weighted by Crippen LogP contribution is -2.70. The van der Waals surface area contributed by atoms with Gasteiger partial charge in [-0.25, -0.2) is 8.42 Å². The maximum atomic E-state index is 15.3. The highest BCUT2D eigenvalue weighted by Crippen LogP contribution is 2.62. The monoisotopic (exact) mass is 994 g/mol. The first-order valence-corrected chi connectivity index (χ1v) is 25.4. The quantitative estimate of drug-likeness (QED) is 0.0185. The number of fused-ring (bicyclic) bond motifs is 2. The Balaban J connectivity index is 1.45. The van der Waals surface area contributed by atoms with Crippen molar-refractivity contribution in [3.05, 3.63) is 136 Å². The van der Waals surface area contributed by atoms with Gasteiger partial charge in [-0.05, 0) is 128 Å². The Morgan fingerprint density at radius 1 is 1.00 bits per heavy atom. The lowest BCUT2D eigenvalue weighted by molar-refractivity contribution is -0.384. The van der Waals surface area contributed by atoms with E-state index in [-0.39, 0.29) is 67.7 Å². The number of amides is 1. The number of hydrogen-bond acceptors (Lipinski definition) is 14. The number of allylic oxidation sites excluding steroid dienone is 1. The van der Waals surface area contributed by atoms with E-state index in [1.165, 1.54) is 54.7 Å². The van der Waals surface area contributed by atoms with Gasteiger partial charge in [0.15, 0.2) is 6.29 Å². The molecule has 0 spiro atoms. The first-order valence-electron chi connectivity index (χ1n) is 24.0. The minimum absolute atomic E-state index is 0.00754. The first kappa shape index (κ1) is 52.4. The molecule has 71 heavy (non-hydrogen) atoms. The minimum atomic E-state index is -4.37. The number of hydrogen-bond donors (Lipinski definition) is 3. The highest BCUT2D eigenvalue weighted by Gasteiger charge is 2.66. The standard InChI is InChI=1S/C53H62N4O13S/c1-5-25-56(71(64,65)43-21-15-39(16-22-43)54-35(3)61)50-32-47(55-68-34-36-13-17-40(18-14-36)57(62)63)45-30-37(11-7-9-26-58)44(12-8-10-27-59)51-46-31-42(69-41-19-23-48(66-4)38(29-41)33-60)20-24-49(46)70-53(50,52(45)51)67-28-6-2/h6,13-24,29-31,33,37,44,50-52,58-59H,2,5,7-12,25-28,32,34H2,1,3-4H3,(H,54,61)/t37-,44+,50-,51+,52+,53+/m0/s1. The third kappa shape index (κ3) is 11.5. The molecule has 378 valence electrons. The molecule has 6 atom stereocenters. The zero-order valence-corrected chi connectivity index (χ0v) is 41.1. The van der Waals surface area contributed by atoms with Crippen LogP contribution in [-0.4, -0.2) is 91.1 Å². The summed E-state index contributed by atoms with van der Waals surface area (Å²) in [4.78, 5) is 41.0. The molecular formula is C53H62N4O13S. The molecule has 2 aliphatic carbocycles. The van der Waals surface area contributed by atoms with Crippen LogP contribution in [0.1, 0.15) is 92.6 Å². The van der Waals surface area contributed by atoms with Crippen molar-refractivity contribution in [1.82, 2.24) is 4.31 Å². The van der Waals surface area contributed by atoms with Gasteiger partial charge in [-0.2, -0.15) is 4.31 Å². The van der Waals surface area contributed by atoms with Crippen LogP contribution in [0.4, 0.5) is 11.4 Å². The smallest absolute Gasteiger partial charge is 0.269 e. The van der Waals surface area contributed by atoms with Crippen molar-refractivity contribution in [2.24, 2.45) is 22.9 Å². The summed E-state index contributed by atoms with van der Waals surface area (Å²) in [6, 6.07) is 21.2. The van der Waals surface area contributed by atoms with Crippen molar-refractivity contribution in [2.45, 2.75) is 94.5 Å². The molecule has 7 rings (SSSR count). The summed E-state index contributed by atoms with van der Waals surface area (Å²) >= 11 is 0. The molecule has 0 saturated heterocycles. The number of carbonyl (C=O) groups excluding carboxylic acids is 2. The fourth-order valence-electron chi connectivity index (χ4n) is 10.3. The third-order valence-corrected chi connectivity index (χ3v) is 15.3. The largest absolute Gasteiger partial charge is 0.496 e. The summed E-state index contributed by atoms with van der Waals surface area (Å²) in [7, 11) is -2.89. The van der Waals surface area contributed by atoms with Crippen molar-refractivity contribution in [1.29, 1.82) is 0 Å². The number of rotatable bonds is 25. The molecule has 4 aromatic rings. The molecule has 0 aromatic heterocycles. The average Bonchev–Trinajstić information content (AvgIpc) is 3.36. The van der Waals surface area contributed by atoms with Gasteiger partial charge < -0.3 is 39.3 Å². The van der Waals surface area contributed by atoms with Gasteiger partial charge in [-0.1, -0.05) is 37.1 Å². The minimum Gasteiger partial charge on any atom is -0.496 e. The topological polar surface area (TPSA) is 226 Å². The molecule has 1 amide bonds. The molecule has 1 saturated carbocycles. The molecule has 17 nitrogen and oxygen atoms in total. The fourth-order valence-corrected chi connectivity index (χ4v) is 12.0. The second-order valence-corrected chi connectivity index (χ2v) is 19.8. The lowest BCUT2D eigenvalue weighted by atomic mass is 9.55. The molecule has 18 heteroatoms. The number of non-ortho nitro benzene ring substituents is 1. The molecule has 0 unspecified atom stereocenters. The highest BCUT2D eigenvalue weighted by molar-refractivity contribution is 7.89. The van der Waals surface area contributed by atoms with Crippen LogP contribution in [0.15, 0.2) is 119 Å². The molecule has 3 aliphatic rings. The zero-order chi connectivity index (χ0) is 50.7. The molecular weight excluding hydrogens is 933 g/mol. The predicted octanol–water partition coefficient (Wildman–Crippen LogP) is 9.10. The number of ether oxygens (including phenoxy) is 4. The second kappa shape index (κ2) is 23.6. The number of oxime groups is 1. The Morgan fingerprint density at radius 2 is 1.70 bits per heavy atom. The van der Waals surface area contributed by atoms with E-state index in [4.69, 9.17) is 28.9 Å². The molecule has 0 radical (unpaired) electrons. The van der Waals surface area contributed by atoms with Crippen LogP contribution in [0, 0.1) is 27.9 Å². The second-order valence-electron chi connectivity index (χ2n) is 17.9. The molecule has 1 heterocycles. The summed E-state index contributed by atoms with van der Waals surface area (Å²) in [6.07, 6.45) is 8.69. The Kier molecular flexibility index (Phi) is 17.4. The van der Waals surface area contributed by atoms with Gasteiger partial charge >= 0.3 is 0 Å². The summed E-state index contributed by atoms with van der Waals surface area (Å²) in [6.45, 7) is 7.22. The maximum Gasteiger partial charge on any atom is 0.269 e. The van der Waals surface area contributed by atoms with Gasteiger partial charge in [0.1, 0.15) is 29.6 Å². The number of carbonyl (C=O) groups is 2. The van der Waals surface area contributed by atoms with Crippen LogP contribution in [0.5, 0.6) is 23.0 Å². The van der Waals surface area contributed by atoms with E-state index >= 15 is 8.42 Å². The number of nitro benzene ring substituents is 1. The van der Waals surface area contributed by atoms with Crippen LogP contribution in [0.25, 0.3) is 0 Å². The number of nitro groups is 1. The van der Waals surface area contributed by atoms with Gasteiger partial charge in [0, 0.05) is 62.4 Å². The van der Waals surface area contributed by atoms with E-state index in [1.807, 2.05) is 13.0 Å². The lowest BCUT2D eigenvalue weighted by Gasteiger charge is -2.59. The van der Waals surface area contributed by atoms with Gasteiger partial charge in [-0.3, -0.25) is 19.7 Å². The predicted molar refractivity (Wildman–Crippen MR) is 266 cm³/mol. The summed E-state index contributed by atoms with van der Waals surface area (Å²) in [5.41, 5.74) is 3.24. The van der Waals surface area contributed by atoms with E-state index in [0.717, 1.165) is 11.1 Å². The molecule has 0 bridgehead atoms. The Hall–Kier alpha value is -6.44. The van der Waals surface area contributed by atoms with Crippen molar-refractivity contribution in [2.75, 3.05) is 38.8 Å². The van der Waals surface area contributed by atoms with Crippen molar-refractivity contribution >= 4 is 39.3 Å². The number of anilines is 1. The molecule has 1 aliphatic heterocycles. The van der Waals surface area contributed by atoms with Crippen LogP contribution in [-0.2, 0) is 31.0 Å². The first-order chi connectivity index (χ1) is 34.3. The van der Waals surface area contributed by atoms with Crippen molar-refractivity contribution in [3.63, 3.8) is 0 Å². The van der Waals surface area contributed by atoms with E-state index in [0.29, 0.717) is 96.8 Å². The number of unbranched alkanes of at least 4 members (excludes halogenated alkanes) is 2. The van der Waals surface area contributed by atoms with Crippen LogP contribution >= 0.6 is 0 Å². The maximum absolute atomic E-state index is 15.3. The summed E-state index contributed by atoms with van der Waals surface area (Å²) in [5.74, 6) is -1.77. The Bertz CT molecular complexity index is 2710. The van der Waals surface area contributed by atoms with Crippen LogP contribution in [0.2, 0.25) is 0 Å². The number of benzene rings is 4. The van der Waals surface area contributed by atoms with E-state index in [9.17, 15) is 29.9 Å². The van der Waals surface area contributed by atoms with Gasteiger partial charge in [-0.15, -0.1) is 6.58 Å². The summed E-state index contributed by atoms with van der Waals surface area (Å²) < 4.78 is 58.3. The van der Waals surface area contributed by atoms with Crippen molar-refractivity contribution < 1.29 is 56.9 Å².